The molecule has 2 aromatic heterocycles. The lowest BCUT2D eigenvalue weighted by atomic mass is 9.89. The predicted octanol–water partition coefficient (Wildman–Crippen LogP) is 11.9. The van der Waals surface area contributed by atoms with E-state index in [1.165, 1.54) is 75.5 Å². The maximum atomic E-state index is 17.9. The lowest BCUT2D eigenvalue weighted by Gasteiger charge is -2.36. The van der Waals surface area contributed by atoms with Crippen molar-refractivity contribution in [3.63, 3.8) is 0 Å². The summed E-state index contributed by atoms with van der Waals surface area (Å²) >= 11 is 0. The van der Waals surface area contributed by atoms with E-state index in [1.807, 2.05) is 0 Å². The van der Waals surface area contributed by atoms with Crippen LogP contribution in [0.15, 0.2) is 60.7 Å². The standard InChI is InChI=1S/C70H86F5N9O12/c1-37(2)62(79-69(90)96-70(5,6)7)68(89)95-36-83-59-35-49(73)47(31-54(59)78-65(83)58-15-13-25-82(58)67(88)45(39(4)92-9)33-61(86)94-11)56-21-20-55(84(56)43-28-50(74)63(51(75)29-43)80-26-22-41(23-27-80)40-16-18-42(71)19-17-40)46-30-52-53(34-48(46)72)77-64(76-52)57-14-12-24-81(57)66(87)44(38(3)91-8)32-60(85)93-10/h16-19,28-31,34-35,37-39,41,44-45,55-58,62H,12-15,20-27,32-33,36H2,1-11H3,(H,76,77)(H,79,90)/t38-,39-,44+,45+,55-,56-,57+,58+,62+/m1/s1. The van der Waals surface area contributed by atoms with Crippen molar-refractivity contribution in [2.75, 3.05) is 64.4 Å². The molecular formula is C70H86F5N9O12. The molecule has 9 atom stereocenters. The van der Waals surface area contributed by atoms with Crippen LogP contribution in [0.2, 0.25) is 0 Å². The monoisotopic (exact) mass is 1340 g/mol. The van der Waals surface area contributed by atoms with E-state index in [0.29, 0.717) is 56.4 Å². The van der Waals surface area contributed by atoms with Gasteiger partial charge in [-0.3, -0.25) is 23.7 Å². The number of methoxy groups -OCH3 is 4. The Balaban J connectivity index is 1.05. The molecule has 4 aliphatic heterocycles. The van der Waals surface area contributed by atoms with Gasteiger partial charge in [-0.15, -0.1) is 0 Å². The molecule has 3 amide bonds. The van der Waals surface area contributed by atoms with Crippen molar-refractivity contribution < 1.29 is 79.1 Å². The number of carbonyl (C=O) groups is 6. The number of aromatic nitrogens is 4. The zero-order chi connectivity index (χ0) is 69.2. The average molecular weight is 1340 g/mol. The van der Waals surface area contributed by atoms with E-state index in [1.54, 1.807) is 86.3 Å². The molecule has 4 fully saturated rings. The summed E-state index contributed by atoms with van der Waals surface area (Å²) in [5.41, 5.74) is 0.752. The molecule has 0 radical (unpaired) electrons. The number of amides is 3. The van der Waals surface area contributed by atoms with Crippen molar-refractivity contribution in [1.82, 2.24) is 34.6 Å². The molecule has 2 N–H and O–H groups in total. The van der Waals surface area contributed by atoms with Crippen LogP contribution in [0.1, 0.15) is 171 Å². The summed E-state index contributed by atoms with van der Waals surface area (Å²) < 4.78 is 117. The molecule has 6 heterocycles. The Morgan fingerprint density at radius 2 is 1.19 bits per heavy atom. The molecule has 0 aliphatic carbocycles. The third kappa shape index (κ3) is 14.9. The van der Waals surface area contributed by atoms with Crippen molar-refractivity contribution in [3.8, 4) is 0 Å². The van der Waals surface area contributed by atoms with Gasteiger partial charge in [0.05, 0.1) is 97.3 Å². The normalized spacial score (nSPS) is 20.2. The van der Waals surface area contributed by atoms with Crippen LogP contribution < -0.4 is 15.1 Å². The number of halogens is 5. The van der Waals surface area contributed by atoms with Gasteiger partial charge in [0.15, 0.2) is 18.4 Å². The number of piperidine rings is 1. The molecular weight excluding hydrogens is 1250 g/mol. The van der Waals surface area contributed by atoms with Crippen molar-refractivity contribution in [2.45, 2.75) is 173 Å². The minimum Gasteiger partial charge on any atom is -0.469 e. The number of alkyl carbamates (subject to hydrolysis) is 1. The third-order valence-electron chi connectivity index (χ3n) is 19.4. The van der Waals surface area contributed by atoms with E-state index >= 15 is 17.6 Å². The molecule has 6 aromatic rings. The van der Waals surface area contributed by atoms with Crippen LogP contribution in [0.25, 0.3) is 22.1 Å². The van der Waals surface area contributed by atoms with E-state index in [-0.39, 0.29) is 108 Å². The summed E-state index contributed by atoms with van der Waals surface area (Å²) in [6.07, 6.45) is 0.471. The SMILES string of the molecule is COC(=O)C[C@H](C(=O)N1CCC[C@H]1c1nc2cc(F)c([C@H]3CC[C@H](c4cc5nc([C@@H]6CCCN6C(=O)[C@@H](CC(=O)OC)[C@@H](C)OC)n(COC(=O)[C@@H](NC(=O)OC(C)(C)C)C(C)C)c5cc4F)N3c3cc(F)c(N4CCC(c5ccc(F)cc5)CC4)c(F)c3)cc2[nH]1)[C@@H](C)OC. The number of benzene rings is 4. The quantitative estimate of drug-likeness (QED) is 0.0366. The van der Waals surface area contributed by atoms with Gasteiger partial charge in [-0.2, -0.15) is 0 Å². The van der Waals surface area contributed by atoms with Gasteiger partial charge in [0.25, 0.3) is 0 Å². The maximum absolute atomic E-state index is 17.9. The van der Waals surface area contributed by atoms with E-state index < -0.39 is 126 Å². The number of ether oxygens (including phenoxy) is 6. The number of fused-ring (bicyclic) bond motifs is 2. The summed E-state index contributed by atoms with van der Waals surface area (Å²) in [6.45, 7) is 12.3. The van der Waals surface area contributed by atoms with Gasteiger partial charge >= 0.3 is 24.0 Å². The van der Waals surface area contributed by atoms with Crippen molar-refractivity contribution >= 4 is 69.3 Å². The molecule has 0 saturated carbocycles. The summed E-state index contributed by atoms with van der Waals surface area (Å²) in [7, 11) is 5.33. The number of hydrogen-bond donors (Lipinski definition) is 2. The van der Waals surface area contributed by atoms with Gasteiger partial charge in [-0.25, -0.2) is 41.5 Å². The molecule has 26 heteroatoms. The van der Waals surface area contributed by atoms with Crippen LogP contribution in [0.5, 0.6) is 0 Å². The number of imidazole rings is 2. The fourth-order valence-corrected chi connectivity index (χ4v) is 14.2. The second-order valence-corrected chi connectivity index (χ2v) is 26.9. The summed E-state index contributed by atoms with van der Waals surface area (Å²) in [6, 6.07) is 9.39. The fourth-order valence-electron chi connectivity index (χ4n) is 14.2. The first-order valence-corrected chi connectivity index (χ1v) is 32.8. The van der Waals surface area contributed by atoms with Gasteiger partial charge in [0.1, 0.15) is 46.4 Å². The molecule has 96 heavy (non-hydrogen) atoms. The lowest BCUT2D eigenvalue weighted by Crippen LogP contribution is -2.47. The summed E-state index contributed by atoms with van der Waals surface area (Å²) in [4.78, 5) is 101. The Bertz CT molecular complexity index is 3830. The van der Waals surface area contributed by atoms with Gasteiger partial charge in [-0.1, -0.05) is 26.0 Å². The van der Waals surface area contributed by atoms with Crippen LogP contribution in [-0.2, 0) is 59.1 Å². The number of likely N-dealkylation sites (tertiary alicyclic amines) is 2. The lowest BCUT2D eigenvalue weighted by molar-refractivity contribution is -0.152. The maximum Gasteiger partial charge on any atom is 0.408 e. The number of nitrogens with one attached hydrogen (secondary N) is 2. The molecule has 10 rings (SSSR count). The Kier molecular flexibility index (Phi) is 21.7. The number of H-pyrrole nitrogens is 1. The number of nitrogens with zero attached hydrogens (tertiary/aromatic N) is 7. The molecule has 4 aliphatic rings. The number of rotatable bonds is 22. The van der Waals surface area contributed by atoms with Crippen molar-refractivity contribution in [3.05, 3.63) is 118 Å². The largest absolute Gasteiger partial charge is 0.469 e. The minimum absolute atomic E-state index is 0.0170. The molecule has 21 nitrogen and oxygen atoms in total. The van der Waals surface area contributed by atoms with Gasteiger partial charge in [0, 0.05) is 69.3 Å². The van der Waals surface area contributed by atoms with Crippen LogP contribution in [-0.4, -0.2) is 144 Å². The molecule has 518 valence electrons. The van der Waals surface area contributed by atoms with Crippen LogP contribution in [0, 0.1) is 46.8 Å². The van der Waals surface area contributed by atoms with E-state index in [0.717, 1.165) is 5.56 Å². The minimum atomic E-state index is -1.20. The number of aromatic amines is 1. The van der Waals surface area contributed by atoms with Crippen LogP contribution in [0.3, 0.4) is 0 Å². The average Bonchev–Trinajstić information content (AvgIpc) is 1.58. The summed E-state index contributed by atoms with van der Waals surface area (Å²) in [5, 5.41) is 2.60. The highest BCUT2D eigenvalue weighted by Gasteiger charge is 2.44. The Morgan fingerprint density at radius 3 is 1.74 bits per heavy atom. The number of esters is 3. The fraction of sp³-hybridized carbons (Fsp3) is 0.543. The highest BCUT2D eigenvalue weighted by molar-refractivity contribution is 5.87. The zero-order valence-electron chi connectivity index (χ0n) is 56.2. The molecule has 0 spiro atoms. The first-order chi connectivity index (χ1) is 45.7. The molecule has 4 aromatic carbocycles. The van der Waals surface area contributed by atoms with Gasteiger partial charge in [-0.05, 0) is 140 Å². The molecule has 0 bridgehead atoms. The van der Waals surface area contributed by atoms with E-state index in [9.17, 15) is 33.2 Å². The molecule has 0 unspecified atom stereocenters. The predicted molar refractivity (Wildman–Crippen MR) is 345 cm³/mol. The van der Waals surface area contributed by atoms with Crippen molar-refractivity contribution in [1.29, 1.82) is 0 Å². The second kappa shape index (κ2) is 29.5. The highest BCUT2D eigenvalue weighted by atomic mass is 19.1. The van der Waals surface area contributed by atoms with Gasteiger partial charge < -0.3 is 58.3 Å². The smallest absolute Gasteiger partial charge is 0.408 e. The first kappa shape index (κ1) is 70.4. The number of anilines is 2. The Morgan fingerprint density at radius 1 is 0.635 bits per heavy atom. The third-order valence-corrected chi connectivity index (χ3v) is 19.4. The Hall–Kier alpha value is -8.39. The van der Waals surface area contributed by atoms with Crippen LogP contribution >= 0.6 is 0 Å². The summed E-state index contributed by atoms with van der Waals surface area (Å²) in [5.74, 6) is -8.35. The number of hydrogen-bond acceptors (Lipinski definition) is 16. The Labute approximate surface area is 554 Å². The first-order valence-electron chi connectivity index (χ1n) is 32.8. The topological polar surface area (TPSA) is 229 Å². The van der Waals surface area contributed by atoms with Crippen LogP contribution in [0.4, 0.5) is 38.1 Å². The van der Waals surface area contributed by atoms with E-state index in [2.05, 4.69) is 10.3 Å². The van der Waals surface area contributed by atoms with Crippen molar-refractivity contribution in [2.24, 2.45) is 17.8 Å². The molecule has 4 saturated heterocycles. The second-order valence-electron chi connectivity index (χ2n) is 26.9. The van der Waals surface area contributed by atoms with E-state index in [4.69, 9.17) is 38.4 Å². The number of carbonyl (C=O) groups excluding carboxylic acids is 6. The highest BCUT2D eigenvalue weighted by Crippen LogP contribution is 2.51. The zero-order valence-corrected chi connectivity index (χ0v) is 56.2. The van der Waals surface area contributed by atoms with Gasteiger partial charge in [0.2, 0.25) is 11.8 Å².